The first-order chi connectivity index (χ1) is 12.2. The van der Waals surface area contributed by atoms with E-state index in [2.05, 4.69) is 32.4 Å². The summed E-state index contributed by atoms with van der Waals surface area (Å²) in [6.45, 7) is 2.86. The smallest absolute Gasteiger partial charge is 0.249 e. The third kappa shape index (κ3) is 3.49. The predicted octanol–water partition coefficient (Wildman–Crippen LogP) is 2.17. The number of fused-ring (bicyclic) bond motifs is 1. The van der Waals surface area contributed by atoms with E-state index in [0.29, 0.717) is 18.3 Å². The van der Waals surface area contributed by atoms with Crippen LogP contribution in [0.2, 0.25) is 0 Å². The summed E-state index contributed by atoms with van der Waals surface area (Å²) in [6, 6.07) is 8.24. The average Bonchev–Trinajstić information content (AvgIpc) is 3.40. The molecule has 2 aliphatic rings. The first-order valence-corrected chi connectivity index (χ1v) is 9.00. The zero-order chi connectivity index (χ0) is 17.2. The van der Waals surface area contributed by atoms with E-state index in [0.717, 1.165) is 56.7 Å². The number of hydrogen-bond acceptors (Lipinski definition) is 5. The van der Waals surface area contributed by atoms with Gasteiger partial charge in [-0.25, -0.2) is 4.52 Å². The van der Waals surface area contributed by atoms with Gasteiger partial charge in [0.05, 0.1) is 6.07 Å². The Kier molecular flexibility index (Phi) is 4.36. The SMILES string of the molecule is N#CCCN1CCC(c2cccc3nc(NC(=O)C4CC4)nn23)CC1. The zero-order valence-electron chi connectivity index (χ0n) is 14.2. The normalized spacial score (nSPS) is 19.0. The molecule has 0 bridgehead atoms. The predicted molar refractivity (Wildman–Crippen MR) is 93.0 cm³/mol. The molecule has 2 aromatic rings. The van der Waals surface area contributed by atoms with Gasteiger partial charge >= 0.3 is 0 Å². The number of hydrogen-bond donors (Lipinski definition) is 1. The van der Waals surface area contributed by atoms with E-state index in [1.165, 1.54) is 0 Å². The van der Waals surface area contributed by atoms with E-state index < -0.39 is 0 Å². The number of pyridine rings is 1. The highest BCUT2D eigenvalue weighted by Gasteiger charge is 2.30. The second-order valence-electron chi connectivity index (χ2n) is 6.94. The van der Waals surface area contributed by atoms with Crippen LogP contribution in [0.3, 0.4) is 0 Å². The van der Waals surface area contributed by atoms with E-state index in [9.17, 15) is 4.79 Å². The van der Waals surface area contributed by atoms with Crippen molar-refractivity contribution < 1.29 is 4.79 Å². The molecule has 3 heterocycles. The average molecular weight is 338 g/mol. The first kappa shape index (κ1) is 16.0. The molecule has 0 aromatic carbocycles. The molecule has 7 heteroatoms. The number of amides is 1. The third-order valence-electron chi connectivity index (χ3n) is 5.12. The summed E-state index contributed by atoms with van der Waals surface area (Å²) < 4.78 is 1.87. The van der Waals surface area contributed by atoms with Gasteiger partial charge in [0, 0.05) is 30.5 Å². The standard InChI is InChI=1S/C18H22N6O/c19-9-2-10-23-11-7-13(8-12-23)15-3-1-4-16-20-18(22-24(15)16)21-17(25)14-5-6-14/h1,3-4,13-14H,2,5-8,10-12H2,(H,21,22,25). The van der Waals surface area contributed by atoms with Crippen LogP contribution in [0.1, 0.15) is 43.7 Å². The minimum absolute atomic E-state index is 0.0308. The molecular formula is C18H22N6O. The van der Waals surface area contributed by atoms with Gasteiger partial charge in [0.1, 0.15) is 0 Å². The van der Waals surface area contributed by atoms with Crippen molar-refractivity contribution in [2.45, 2.75) is 38.0 Å². The largest absolute Gasteiger partial charge is 0.302 e. The molecular weight excluding hydrogens is 316 g/mol. The number of nitriles is 1. The molecule has 130 valence electrons. The fourth-order valence-electron chi connectivity index (χ4n) is 3.51. The molecule has 0 atom stereocenters. The van der Waals surface area contributed by atoms with Crippen molar-refractivity contribution in [3.63, 3.8) is 0 Å². The molecule has 25 heavy (non-hydrogen) atoms. The second-order valence-corrected chi connectivity index (χ2v) is 6.94. The number of nitrogens with one attached hydrogen (secondary N) is 1. The van der Waals surface area contributed by atoms with Crippen LogP contribution in [-0.2, 0) is 4.79 Å². The van der Waals surface area contributed by atoms with E-state index in [1.807, 2.05) is 16.6 Å². The molecule has 1 amide bonds. The number of likely N-dealkylation sites (tertiary alicyclic amines) is 1. The highest BCUT2D eigenvalue weighted by molar-refractivity contribution is 5.92. The van der Waals surface area contributed by atoms with E-state index in [4.69, 9.17) is 5.26 Å². The maximum atomic E-state index is 11.9. The van der Waals surface area contributed by atoms with Crippen molar-refractivity contribution in [2.24, 2.45) is 5.92 Å². The molecule has 1 saturated heterocycles. The monoisotopic (exact) mass is 338 g/mol. The van der Waals surface area contributed by atoms with Gasteiger partial charge in [-0.15, -0.1) is 5.10 Å². The molecule has 7 nitrogen and oxygen atoms in total. The fourth-order valence-corrected chi connectivity index (χ4v) is 3.51. The van der Waals surface area contributed by atoms with Crippen LogP contribution in [0, 0.1) is 17.2 Å². The second kappa shape index (κ2) is 6.81. The molecule has 1 saturated carbocycles. The minimum Gasteiger partial charge on any atom is -0.302 e. The van der Waals surface area contributed by atoms with E-state index >= 15 is 0 Å². The summed E-state index contributed by atoms with van der Waals surface area (Å²) in [4.78, 5) is 18.7. The number of carbonyl (C=O) groups excluding carboxylic acids is 1. The van der Waals surface area contributed by atoms with Crippen molar-refractivity contribution >= 4 is 17.5 Å². The van der Waals surface area contributed by atoms with Crippen molar-refractivity contribution in [2.75, 3.05) is 25.0 Å². The lowest BCUT2D eigenvalue weighted by Crippen LogP contribution is -2.34. The van der Waals surface area contributed by atoms with Gasteiger partial charge in [0.15, 0.2) is 5.65 Å². The lowest BCUT2D eigenvalue weighted by Gasteiger charge is -2.31. The van der Waals surface area contributed by atoms with Crippen LogP contribution in [-0.4, -0.2) is 45.0 Å². The maximum Gasteiger partial charge on any atom is 0.249 e. The van der Waals surface area contributed by atoms with E-state index in [-0.39, 0.29) is 11.8 Å². The van der Waals surface area contributed by atoms with E-state index in [1.54, 1.807) is 0 Å². The Morgan fingerprint density at radius 2 is 2.08 bits per heavy atom. The number of carbonyl (C=O) groups is 1. The molecule has 1 N–H and O–H groups in total. The Labute approximate surface area is 146 Å². The van der Waals surface area contributed by atoms with Crippen LogP contribution >= 0.6 is 0 Å². The van der Waals surface area contributed by atoms with Crippen LogP contribution in [0.25, 0.3) is 5.65 Å². The Bertz CT molecular complexity index is 811. The van der Waals surface area contributed by atoms with Crippen molar-refractivity contribution in [3.8, 4) is 6.07 Å². The molecule has 2 fully saturated rings. The number of nitrogens with zero attached hydrogens (tertiary/aromatic N) is 5. The van der Waals surface area contributed by atoms with Gasteiger partial charge in [0.2, 0.25) is 11.9 Å². The van der Waals surface area contributed by atoms with Crippen LogP contribution in [0.4, 0.5) is 5.95 Å². The topological polar surface area (TPSA) is 86.3 Å². The Morgan fingerprint density at radius 3 is 2.80 bits per heavy atom. The number of aromatic nitrogens is 3. The molecule has 1 aliphatic heterocycles. The van der Waals surface area contributed by atoms with Crippen LogP contribution in [0.5, 0.6) is 0 Å². The number of rotatable bonds is 5. The third-order valence-corrected chi connectivity index (χ3v) is 5.12. The summed E-state index contributed by atoms with van der Waals surface area (Å²) in [5, 5.41) is 16.1. The number of anilines is 1. The molecule has 2 aromatic heterocycles. The Balaban J connectivity index is 1.49. The van der Waals surface area contributed by atoms with Crippen molar-refractivity contribution in [1.82, 2.24) is 19.5 Å². The Morgan fingerprint density at radius 1 is 1.28 bits per heavy atom. The van der Waals surface area contributed by atoms with Gasteiger partial charge in [-0.3, -0.25) is 10.1 Å². The summed E-state index contributed by atoms with van der Waals surface area (Å²) in [5.74, 6) is 0.999. The van der Waals surface area contributed by atoms with Gasteiger partial charge in [0.25, 0.3) is 0 Å². The van der Waals surface area contributed by atoms with Gasteiger partial charge < -0.3 is 4.90 Å². The highest BCUT2D eigenvalue weighted by atomic mass is 16.2. The molecule has 0 radical (unpaired) electrons. The van der Waals surface area contributed by atoms with Crippen molar-refractivity contribution in [3.05, 3.63) is 23.9 Å². The van der Waals surface area contributed by atoms with Crippen LogP contribution in [0.15, 0.2) is 18.2 Å². The van der Waals surface area contributed by atoms with Gasteiger partial charge in [-0.2, -0.15) is 10.2 Å². The molecule has 0 spiro atoms. The van der Waals surface area contributed by atoms with Gasteiger partial charge in [-0.05, 0) is 50.9 Å². The maximum absolute atomic E-state index is 11.9. The summed E-state index contributed by atoms with van der Waals surface area (Å²) in [7, 11) is 0. The molecule has 1 aliphatic carbocycles. The van der Waals surface area contributed by atoms with Gasteiger partial charge in [-0.1, -0.05) is 6.07 Å². The minimum atomic E-state index is 0.0308. The van der Waals surface area contributed by atoms with Crippen LogP contribution < -0.4 is 5.32 Å². The summed E-state index contributed by atoms with van der Waals surface area (Å²) in [6.07, 6.45) is 4.62. The lowest BCUT2D eigenvalue weighted by molar-refractivity contribution is -0.117. The lowest BCUT2D eigenvalue weighted by atomic mass is 9.93. The summed E-state index contributed by atoms with van der Waals surface area (Å²) >= 11 is 0. The number of piperidine rings is 1. The Hall–Kier alpha value is -2.46. The quantitative estimate of drug-likeness (QED) is 0.903. The molecule has 0 unspecified atom stereocenters. The van der Waals surface area contributed by atoms with Crippen molar-refractivity contribution in [1.29, 1.82) is 5.26 Å². The first-order valence-electron chi connectivity index (χ1n) is 9.00. The molecule has 4 rings (SSSR count). The summed E-state index contributed by atoms with van der Waals surface area (Å²) in [5.41, 5.74) is 1.92. The fraction of sp³-hybridized carbons (Fsp3) is 0.556. The highest BCUT2D eigenvalue weighted by Crippen LogP contribution is 2.31. The zero-order valence-corrected chi connectivity index (χ0v) is 14.2.